The number of para-hydroxylation sites is 1. The Bertz CT molecular complexity index is 1100. The lowest BCUT2D eigenvalue weighted by Gasteiger charge is -2.14. The molecule has 0 fully saturated rings. The van der Waals surface area contributed by atoms with E-state index in [0.29, 0.717) is 28.8 Å². The molecule has 1 amide bonds. The summed E-state index contributed by atoms with van der Waals surface area (Å²) in [5.74, 6) is 1.47. The number of hydrogen-bond acceptors (Lipinski definition) is 5. The van der Waals surface area contributed by atoms with E-state index in [4.69, 9.17) is 0 Å². The zero-order chi connectivity index (χ0) is 23.1. The predicted molar refractivity (Wildman–Crippen MR) is 131 cm³/mol. The van der Waals surface area contributed by atoms with E-state index in [-0.39, 0.29) is 23.3 Å². The fourth-order valence-electron chi connectivity index (χ4n) is 3.90. The molecular weight excluding hydrogens is 422 g/mol. The Hall–Kier alpha value is -2.35. The van der Waals surface area contributed by atoms with Crippen LogP contribution in [0.1, 0.15) is 66.2 Å². The number of nitrogens with zero attached hydrogens (tertiary/aromatic N) is 4. The molecule has 1 atom stereocenters. The Morgan fingerprint density at radius 3 is 2.62 bits per heavy atom. The van der Waals surface area contributed by atoms with E-state index in [0.717, 1.165) is 37.6 Å². The molecule has 0 spiro atoms. The molecule has 8 heteroatoms. The van der Waals surface area contributed by atoms with Crippen molar-refractivity contribution in [2.24, 2.45) is 5.92 Å². The number of aromatic nitrogens is 4. The minimum absolute atomic E-state index is 0.00984. The van der Waals surface area contributed by atoms with Crippen LogP contribution in [0.25, 0.3) is 16.7 Å². The number of unbranched alkanes of at least 4 members (excludes halogenated alkanes) is 2. The monoisotopic (exact) mass is 457 g/mol. The molecule has 0 bridgehead atoms. The molecule has 174 valence electrons. The maximum Gasteiger partial charge on any atom is 0.262 e. The molecule has 0 saturated heterocycles. The van der Waals surface area contributed by atoms with Gasteiger partial charge in [-0.1, -0.05) is 70.3 Å². The first-order chi connectivity index (χ1) is 15.4. The largest absolute Gasteiger partial charge is 0.353 e. The van der Waals surface area contributed by atoms with E-state index >= 15 is 0 Å². The first-order valence-corrected chi connectivity index (χ1v) is 12.7. The summed E-state index contributed by atoms with van der Waals surface area (Å²) in [5, 5.41) is 13.0. The van der Waals surface area contributed by atoms with Gasteiger partial charge in [-0.3, -0.25) is 18.6 Å². The zero-order valence-corrected chi connectivity index (χ0v) is 20.5. The number of carbonyl (C=O) groups excluding carboxylic acids is 1. The van der Waals surface area contributed by atoms with Crippen LogP contribution in [0.15, 0.2) is 34.2 Å². The Morgan fingerprint density at radius 1 is 1.09 bits per heavy atom. The lowest BCUT2D eigenvalue weighted by atomic mass is 10.0. The molecule has 1 aromatic carbocycles. The summed E-state index contributed by atoms with van der Waals surface area (Å²) in [6.45, 7) is 9.24. The third kappa shape index (κ3) is 5.91. The SMILES string of the molecule is CCCCCn1c(=O)c2ccccc2n2c(SCC(=O)NC(C)CCCC(C)C)nnc12. The Labute approximate surface area is 194 Å². The molecule has 0 radical (unpaired) electrons. The van der Waals surface area contributed by atoms with E-state index < -0.39 is 0 Å². The van der Waals surface area contributed by atoms with Crippen molar-refractivity contribution in [1.82, 2.24) is 24.5 Å². The van der Waals surface area contributed by atoms with Gasteiger partial charge >= 0.3 is 0 Å². The van der Waals surface area contributed by atoms with Crippen LogP contribution in [-0.4, -0.2) is 36.9 Å². The number of amides is 1. The number of thioether (sulfide) groups is 1. The highest BCUT2D eigenvalue weighted by molar-refractivity contribution is 7.99. The highest BCUT2D eigenvalue weighted by atomic mass is 32.2. The summed E-state index contributed by atoms with van der Waals surface area (Å²) >= 11 is 1.36. The maximum absolute atomic E-state index is 13.1. The lowest BCUT2D eigenvalue weighted by Crippen LogP contribution is -2.33. The van der Waals surface area contributed by atoms with Gasteiger partial charge in [-0.2, -0.15) is 0 Å². The summed E-state index contributed by atoms with van der Waals surface area (Å²) in [7, 11) is 0. The van der Waals surface area contributed by atoms with E-state index in [9.17, 15) is 9.59 Å². The minimum atomic E-state index is -0.0406. The van der Waals surface area contributed by atoms with Crippen molar-refractivity contribution in [2.45, 2.75) is 84.0 Å². The summed E-state index contributed by atoms with van der Waals surface area (Å²) in [5.41, 5.74) is 0.732. The summed E-state index contributed by atoms with van der Waals surface area (Å²) in [4.78, 5) is 25.6. The van der Waals surface area contributed by atoms with Gasteiger partial charge in [0.25, 0.3) is 5.56 Å². The van der Waals surface area contributed by atoms with Crippen molar-refractivity contribution < 1.29 is 4.79 Å². The molecule has 0 aliphatic carbocycles. The van der Waals surface area contributed by atoms with Crippen molar-refractivity contribution in [3.8, 4) is 0 Å². The predicted octanol–water partition coefficient (Wildman–Crippen LogP) is 4.66. The van der Waals surface area contributed by atoms with Gasteiger partial charge in [-0.15, -0.1) is 10.2 Å². The maximum atomic E-state index is 13.1. The van der Waals surface area contributed by atoms with Crippen LogP contribution >= 0.6 is 11.8 Å². The summed E-state index contributed by atoms with van der Waals surface area (Å²) in [6, 6.07) is 7.68. The fourth-order valence-corrected chi connectivity index (χ4v) is 4.65. The summed E-state index contributed by atoms with van der Waals surface area (Å²) < 4.78 is 3.62. The van der Waals surface area contributed by atoms with E-state index in [1.165, 1.54) is 18.2 Å². The van der Waals surface area contributed by atoms with E-state index in [2.05, 4.69) is 43.2 Å². The highest BCUT2D eigenvalue weighted by Crippen LogP contribution is 2.22. The Kier molecular flexibility index (Phi) is 8.73. The molecule has 1 unspecified atom stereocenters. The van der Waals surface area contributed by atoms with Crippen molar-refractivity contribution in [2.75, 3.05) is 5.75 Å². The van der Waals surface area contributed by atoms with Gasteiger partial charge < -0.3 is 5.32 Å². The number of rotatable bonds is 12. The third-order valence-corrected chi connectivity index (χ3v) is 6.55. The molecule has 2 aromatic heterocycles. The number of carbonyl (C=O) groups is 1. The molecule has 1 N–H and O–H groups in total. The second kappa shape index (κ2) is 11.5. The van der Waals surface area contributed by atoms with Crippen LogP contribution in [0.4, 0.5) is 0 Å². The lowest BCUT2D eigenvalue weighted by molar-refractivity contribution is -0.119. The van der Waals surface area contributed by atoms with Crippen LogP contribution < -0.4 is 10.9 Å². The second-order valence-corrected chi connectivity index (χ2v) is 9.82. The van der Waals surface area contributed by atoms with Crippen LogP contribution in [0.2, 0.25) is 0 Å². The van der Waals surface area contributed by atoms with Crippen LogP contribution in [0.3, 0.4) is 0 Å². The van der Waals surface area contributed by atoms with Gasteiger partial charge in [-0.05, 0) is 37.8 Å². The average molecular weight is 458 g/mol. The number of nitrogens with one attached hydrogen (secondary N) is 1. The quantitative estimate of drug-likeness (QED) is 0.316. The zero-order valence-electron chi connectivity index (χ0n) is 19.6. The number of hydrogen-bond donors (Lipinski definition) is 1. The van der Waals surface area contributed by atoms with E-state index in [1.54, 1.807) is 4.57 Å². The first kappa shape index (κ1) is 24.3. The highest BCUT2D eigenvalue weighted by Gasteiger charge is 2.18. The fraction of sp³-hybridized carbons (Fsp3) is 0.583. The molecule has 0 saturated carbocycles. The van der Waals surface area contributed by atoms with Crippen LogP contribution in [0, 0.1) is 5.92 Å². The Balaban J connectivity index is 1.78. The van der Waals surface area contributed by atoms with Crippen molar-refractivity contribution in [3.63, 3.8) is 0 Å². The Morgan fingerprint density at radius 2 is 1.88 bits per heavy atom. The van der Waals surface area contributed by atoms with Crippen molar-refractivity contribution in [1.29, 1.82) is 0 Å². The van der Waals surface area contributed by atoms with Gasteiger partial charge in [-0.25, -0.2) is 0 Å². The smallest absolute Gasteiger partial charge is 0.262 e. The van der Waals surface area contributed by atoms with Gasteiger partial charge in [0.05, 0.1) is 16.7 Å². The van der Waals surface area contributed by atoms with Crippen molar-refractivity contribution >= 4 is 34.3 Å². The van der Waals surface area contributed by atoms with Crippen LogP contribution in [0.5, 0.6) is 0 Å². The number of aryl methyl sites for hydroxylation is 1. The molecule has 3 aromatic rings. The van der Waals surface area contributed by atoms with E-state index in [1.807, 2.05) is 28.7 Å². The first-order valence-electron chi connectivity index (χ1n) is 11.7. The van der Waals surface area contributed by atoms with Gasteiger partial charge in [0.1, 0.15) is 0 Å². The average Bonchev–Trinajstić information content (AvgIpc) is 3.18. The second-order valence-electron chi connectivity index (χ2n) is 8.88. The molecule has 32 heavy (non-hydrogen) atoms. The van der Waals surface area contributed by atoms with Gasteiger partial charge in [0, 0.05) is 12.6 Å². The standard InChI is InChI=1S/C24H35N5O2S/c1-5-6-9-15-28-22(31)19-13-7-8-14-20(19)29-23(28)26-27-24(29)32-16-21(30)25-18(4)12-10-11-17(2)3/h7-8,13-14,17-18H,5-6,9-12,15-16H2,1-4H3,(H,25,30). The topological polar surface area (TPSA) is 81.3 Å². The number of benzene rings is 1. The van der Waals surface area contributed by atoms with Crippen LogP contribution in [-0.2, 0) is 11.3 Å². The molecule has 0 aliphatic heterocycles. The molecular formula is C24H35N5O2S. The van der Waals surface area contributed by atoms with Crippen molar-refractivity contribution in [3.05, 3.63) is 34.6 Å². The minimum Gasteiger partial charge on any atom is -0.353 e. The molecule has 7 nitrogen and oxygen atoms in total. The third-order valence-electron chi connectivity index (χ3n) is 5.62. The normalized spacial score (nSPS) is 12.7. The molecule has 2 heterocycles. The van der Waals surface area contributed by atoms with Gasteiger partial charge in [0.15, 0.2) is 5.16 Å². The van der Waals surface area contributed by atoms with Gasteiger partial charge in [0.2, 0.25) is 11.7 Å². The number of fused-ring (bicyclic) bond motifs is 3. The molecule has 0 aliphatic rings. The molecule has 3 rings (SSSR count). The summed E-state index contributed by atoms with van der Waals surface area (Å²) in [6.07, 6.45) is 6.32.